The van der Waals surface area contributed by atoms with Crippen molar-refractivity contribution in [2.45, 2.75) is 58.0 Å². The molecule has 1 atom stereocenters. The van der Waals surface area contributed by atoms with Crippen LogP contribution in [0.15, 0.2) is 0 Å². The van der Waals surface area contributed by atoms with E-state index in [1.165, 1.54) is 26.4 Å². The van der Waals surface area contributed by atoms with Gasteiger partial charge in [0.25, 0.3) is 0 Å². The van der Waals surface area contributed by atoms with Gasteiger partial charge in [-0.1, -0.05) is 39.0 Å². The van der Waals surface area contributed by atoms with Gasteiger partial charge < -0.3 is 4.74 Å². The molecule has 0 aromatic carbocycles. The molecule has 0 heterocycles. The molecule has 0 radical (unpaired) electrons. The predicted molar refractivity (Wildman–Crippen MR) is 54.9 cm³/mol. The molecule has 2 nitrogen and oxygen atoms in total. The summed E-state index contributed by atoms with van der Waals surface area (Å²) < 4.78 is 17.2. The first-order valence-electron chi connectivity index (χ1n) is 5.44. The molecule has 0 rings (SSSR count). The largest absolute Gasteiger partial charge is 0.467 e. The zero-order valence-corrected chi connectivity index (χ0v) is 9.22. The number of hydrogen-bond donors (Lipinski definition) is 0. The lowest BCUT2D eigenvalue weighted by Gasteiger charge is -2.05. The van der Waals surface area contributed by atoms with Crippen LogP contribution in [0.3, 0.4) is 0 Å². The standard InChI is InChI=1S/C11H21FO2/c1-3-4-5-6-7-8-9-10(12)11(13)14-2/h10H,3-9H2,1-2H3/t10-/m1/s1. The molecule has 0 fully saturated rings. The highest BCUT2D eigenvalue weighted by atomic mass is 19.1. The first-order valence-corrected chi connectivity index (χ1v) is 5.44. The van der Waals surface area contributed by atoms with Crippen molar-refractivity contribution in [1.82, 2.24) is 0 Å². The number of carbonyl (C=O) groups is 1. The lowest BCUT2D eigenvalue weighted by molar-refractivity contribution is -0.146. The molecule has 3 heteroatoms. The van der Waals surface area contributed by atoms with Crippen molar-refractivity contribution in [3.63, 3.8) is 0 Å². The lowest BCUT2D eigenvalue weighted by atomic mass is 10.1. The van der Waals surface area contributed by atoms with Gasteiger partial charge >= 0.3 is 5.97 Å². The third-order valence-corrected chi connectivity index (χ3v) is 2.27. The van der Waals surface area contributed by atoms with E-state index in [4.69, 9.17) is 0 Å². The fraction of sp³-hybridized carbons (Fsp3) is 0.909. The van der Waals surface area contributed by atoms with E-state index in [9.17, 15) is 9.18 Å². The second-order valence-corrected chi connectivity index (χ2v) is 3.55. The Morgan fingerprint density at radius 3 is 2.36 bits per heavy atom. The lowest BCUT2D eigenvalue weighted by Crippen LogP contribution is -2.16. The van der Waals surface area contributed by atoms with Gasteiger partial charge in [0, 0.05) is 0 Å². The molecule has 0 amide bonds. The number of hydrogen-bond acceptors (Lipinski definition) is 2. The van der Waals surface area contributed by atoms with Gasteiger partial charge in [0.15, 0.2) is 6.17 Å². The number of halogens is 1. The molecule has 14 heavy (non-hydrogen) atoms. The van der Waals surface area contributed by atoms with E-state index < -0.39 is 12.1 Å². The molecule has 0 saturated carbocycles. The summed E-state index contributed by atoms with van der Waals surface area (Å²) in [7, 11) is 1.22. The highest BCUT2D eigenvalue weighted by Crippen LogP contribution is 2.10. The SMILES string of the molecule is CCCCCCCC[C@@H](F)C(=O)OC. The number of unbranched alkanes of at least 4 members (excludes halogenated alkanes) is 5. The summed E-state index contributed by atoms with van der Waals surface area (Å²) in [5, 5.41) is 0. The summed E-state index contributed by atoms with van der Waals surface area (Å²) in [6, 6.07) is 0. The van der Waals surface area contributed by atoms with Crippen LogP contribution in [0.1, 0.15) is 51.9 Å². The van der Waals surface area contributed by atoms with Crippen molar-refractivity contribution in [3.05, 3.63) is 0 Å². The predicted octanol–water partition coefficient (Wildman–Crippen LogP) is 3.25. The second kappa shape index (κ2) is 8.97. The number of rotatable bonds is 8. The molecule has 84 valence electrons. The van der Waals surface area contributed by atoms with Crippen LogP contribution in [-0.4, -0.2) is 19.3 Å². The van der Waals surface area contributed by atoms with Crippen molar-refractivity contribution in [3.8, 4) is 0 Å². The summed E-state index contributed by atoms with van der Waals surface area (Å²) in [6.07, 6.45) is 5.49. The first-order chi connectivity index (χ1) is 6.72. The average molecular weight is 204 g/mol. The van der Waals surface area contributed by atoms with E-state index in [-0.39, 0.29) is 0 Å². The maximum Gasteiger partial charge on any atom is 0.340 e. The summed E-state index contributed by atoms with van der Waals surface area (Å²) in [4.78, 5) is 10.7. The Hall–Kier alpha value is -0.600. The van der Waals surface area contributed by atoms with Crippen LogP contribution in [0.5, 0.6) is 0 Å². The zero-order chi connectivity index (χ0) is 10.8. The van der Waals surface area contributed by atoms with Crippen LogP contribution in [0.25, 0.3) is 0 Å². The fourth-order valence-electron chi connectivity index (χ4n) is 1.35. The minimum absolute atomic E-state index is 0.304. The topological polar surface area (TPSA) is 26.3 Å². The normalized spacial score (nSPS) is 12.5. The van der Waals surface area contributed by atoms with E-state index in [0.717, 1.165) is 19.3 Å². The number of carbonyl (C=O) groups excluding carboxylic acids is 1. The maximum atomic E-state index is 12.9. The van der Waals surface area contributed by atoms with E-state index in [2.05, 4.69) is 11.7 Å². The van der Waals surface area contributed by atoms with Gasteiger partial charge in [0.1, 0.15) is 0 Å². The third-order valence-electron chi connectivity index (χ3n) is 2.27. The Labute approximate surface area is 85.8 Å². The molecule has 0 saturated heterocycles. The summed E-state index contributed by atoms with van der Waals surface area (Å²) in [6.45, 7) is 2.16. The minimum atomic E-state index is -1.42. The third kappa shape index (κ3) is 6.87. The Kier molecular flexibility index (Phi) is 8.59. The molecular formula is C11H21FO2. The van der Waals surface area contributed by atoms with Crippen LogP contribution >= 0.6 is 0 Å². The summed E-state index contributed by atoms with van der Waals surface area (Å²) >= 11 is 0. The van der Waals surface area contributed by atoms with Gasteiger partial charge in [-0.25, -0.2) is 9.18 Å². The van der Waals surface area contributed by atoms with Crippen LogP contribution in [0.2, 0.25) is 0 Å². The Balaban J connectivity index is 3.23. The molecule has 0 unspecified atom stereocenters. The highest BCUT2D eigenvalue weighted by molar-refractivity contribution is 5.74. The van der Waals surface area contributed by atoms with Crippen molar-refractivity contribution in [2.75, 3.05) is 7.11 Å². The van der Waals surface area contributed by atoms with E-state index in [1.807, 2.05) is 0 Å². The van der Waals surface area contributed by atoms with Gasteiger partial charge in [0.2, 0.25) is 0 Å². The fourth-order valence-corrected chi connectivity index (χ4v) is 1.35. The molecule has 0 aliphatic heterocycles. The van der Waals surface area contributed by atoms with Gasteiger partial charge in [-0.3, -0.25) is 0 Å². The minimum Gasteiger partial charge on any atom is -0.467 e. The van der Waals surface area contributed by atoms with E-state index in [1.54, 1.807) is 0 Å². The maximum absolute atomic E-state index is 12.9. The van der Waals surface area contributed by atoms with Crippen molar-refractivity contribution in [2.24, 2.45) is 0 Å². The summed E-state index contributed by atoms with van der Waals surface area (Å²) in [5.41, 5.74) is 0. The monoisotopic (exact) mass is 204 g/mol. The van der Waals surface area contributed by atoms with Gasteiger partial charge in [-0.05, 0) is 12.8 Å². The Morgan fingerprint density at radius 2 is 1.79 bits per heavy atom. The smallest absolute Gasteiger partial charge is 0.340 e. The molecule has 0 aromatic rings. The van der Waals surface area contributed by atoms with Gasteiger partial charge in [0.05, 0.1) is 7.11 Å². The van der Waals surface area contributed by atoms with Crippen LogP contribution in [-0.2, 0) is 9.53 Å². The Morgan fingerprint density at radius 1 is 1.21 bits per heavy atom. The zero-order valence-electron chi connectivity index (χ0n) is 9.22. The van der Waals surface area contributed by atoms with Crippen LogP contribution in [0, 0.1) is 0 Å². The number of ether oxygens (including phenoxy) is 1. The van der Waals surface area contributed by atoms with Crippen LogP contribution in [0.4, 0.5) is 4.39 Å². The molecule has 0 spiro atoms. The van der Waals surface area contributed by atoms with Crippen molar-refractivity contribution < 1.29 is 13.9 Å². The molecule has 0 bridgehead atoms. The average Bonchev–Trinajstić information content (AvgIpc) is 2.21. The van der Waals surface area contributed by atoms with Gasteiger partial charge in [-0.2, -0.15) is 0 Å². The highest BCUT2D eigenvalue weighted by Gasteiger charge is 2.16. The second-order valence-electron chi connectivity index (χ2n) is 3.55. The van der Waals surface area contributed by atoms with Crippen molar-refractivity contribution >= 4 is 5.97 Å². The first kappa shape index (κ1) is 13.4. The summed E-state index contributed by atoms with van der Waals surface area (Å²) in [5.74, 6) is -0.737. The van der Waals surface area contributed by atoms with Crippen molar-refractivity contribution in [1.29, 1.82) is 0 Å². The van der Waals surface area contributed by atoms with Crippen LogP contribution < -0.4 is 0 Å². The van der Waals surface area contributed by atoms with Gasteiger partial charge in [-0.15, -0.1) is 0 Å². The quantitative estimate of drug-likeness (QED) is 0.448. The Bertz CT molecular complexity index is 148. The number of alkyl halides is 1. The molecule has 0 aromatic heterocycles. The molecular weight excluding hydrogens is 183 g/mol. The molecule has 0 N–H and O–H groups in total. The van der Waals surface area contributed by atoms with E-state index >= 15 is 0 Å². The molecule has 0 aliphatic rings. The molecule has 0 aliphatic carbocycles. The number of esters is 1. The number of methoxy groups -OCH3 is 1. The van der Waals surface area contributed by atoms with E-state index in [0.29, 0.717) is 6.42 Å².